The third-order valence-electron chi connectivity index (χ3n) is 2.01. The van der Waals surface area contributed by atoms with E-state index in [1.54, 1.807) is 0 Å². The van der Waals surface area contributed by atoms with Crippen molar-refractivity contribution >= 4 is 12.0 Å². The fourth-order valence-electron chi connectivity index (χ4n) is 0.911. The molecule has 0 radical (unpaired) electrons. The fraction of sp³-hybridized carbons (Fsp3) is 0.800. The highest BCUT2D eigenvalue weighted by molar-refractivity contribution is 5.79. The van der Waals surface area contributed by atoms with Gasteiger partial charge in [0.15, 0.2) is 5.60 Å². The van der Waals surface area contributed by atoms with Gasteiger partial charge in [-0.1, -0.05) is 0 Å². The van der Waals surface area contributed by atoms with Gasteiger partial charge in [0.2, 0.25) is 0 Å². The number of ether oxygens (including phenoxy) is 1. The van der Waals surface area contributed by atoms with E-state index in [0.717, 1.165) is 6.92 Å². The molecule has 0 aromatic rings. The van der Waals surface area contributed by atoms with E-state index in [9.17, 15) is 14.7 Å². The van der Waals surface area contributed by atoms with E-state index in [1.807, 2.05) is 6.92 Å². The molecule has 1 unspecified atom stereocenters. The number of hydrogen-bond acceptors (Lipinski definition) is 4. The number of carboxylic acids is 1. The zero-order chi connectivity index (χ0) is 13.3. The number of urea groups is 1. The van der Waals surface area contributed by atoms with Crippen molar-refractivity contribution in [2.24, 2.45) is 0 Å². The molecule has 0 aliphatic carbocycles. The summed E-state index contributed by atoms with van der Waals surface area (Å²) >= 11 is 0. The lowest BCUT2D eigenvalue weighted by Gasteiger charge is -2.18. The monoisotopic (exact) mass is 248 g/mol. The molecule has 17 heavy (non-hydrogen) atoms. The first-order valence-electron chi connectivity index (χ1n) is 5.45. The van der Waals surface area contributed by atoms with Crippen molar-refractivity contribution < 1.29 is 24.5 Å². The van der Waals surface area contributed by atoms with E-state index >= 15 is 0 Å². The first-order chi connectivity index (χ1) is 7.90. The van der Waals surface area contributed by atoms with Crippen LogP contribution in [0.4, 0.5) is 4.79 Å². The predicted molar refractivity (Wildman–Crippen MR) is 60.8 cm³/mol. The predicted octanol–water partition coefficient (Wildman–Crippen LogP) is -0.452. The van der Waals surface area contributed by atoms with Gasteiger partial charge in [-0.05, 0) is 20.3 Å². The molecule has 7 heteroatoms. The summed E-state index contributed by atoms with van der Waals surface area (Å²) in [4.78, 5) is 21.7. The standard InChI is InChI=1S/C10H20N2O5/c1-3-17-6-4-5-11-9(15)12-7-10(2,16)8(13)14/h16H,3-7H2,1-2H3,(H,13,14)(H2,11,12,15). The number of carbonyl (C=O) groups is 2. The molecule has 4 N–H and O–H groups in total. The molecule has 0 saturated carbocycles. The molecule has 0 heterocycles. The molecule has 100 valence electrons. The maximum absolute atomic E-state index is 11.2. The Kier molecular flexibility index (Phi) is 7.24. The average Bonchev–Trinajstić information content (AvgIpc) is 2.26. The maximum Gasteiger partial charge on any atom is 0.337 e. The Bertz CT molecular complexity index is 255. The van der Waals surface area contributed by atoms with Crippen LogP contribution in [-0.2, 0) is 9.53 Å². The van der Waals surface area contributed by atoms with Crippen molar-refractivity contribution in [3.63, 3.8) is 0 Å². The van der Waals surface area contributed by atoms with E-state index in [-0.39, 0.29) is 6.54 Å². The minimum atomic E-state index is -1.96. The number of rotatable bonds is 8. The lowest BCUT2D eigenvalue weighted by Crippen LogP contribution is -2.49. The highest BCUT2D eigenvalue weighted by Gasteiger charge is 2.30. The second-order valence-corrected chi connectivity index (χ2v) is 3.74. The van der Waals surface area contributed by atoms with Crippen LogP contribution < -0.4 is 10.6 Å². The van der Waals surface area contributed by atoms with Crippen LogP contribution in [-0.4, -0.2) is 54.1 Å². The average molecular weight is 248 g/mol. The Balaban J connectivity index is 3.63. The van der Waals surface area contributed by atoms with Gasteiger partial charge in [0.05, 0.1) is 6.54 Å². The molecule has 0 aromatic carbocycles. The Morgan fingerprint density at radius 3 is 2.53 bits per heavy atom. The van der Waals surface area contributed by atoms with Gasteiger partial charge in [-0.2, -0.15) is 0 Å². The van der Waals surface area contributed by atoms with Crippen LogP contribution in [0.3, 0.4) is 0 Å². The number of hydrogen-bond donors (Lipinski definition) is 4. The van der Waals surface area contributed by atoms with E-state index < -0.39 is 17.6 Å². The summed E-state index contributed by atoms with van der Waals surface area (Å²) in [5.41, 5.74) is -1.96. The Morgan fingerprint density at radius 1 is 1.35 bits per heavy atom. The third kappa shape index (κ3) is 7.53. The van der Waals surface area contributed by atoms with Crippen molar-refractivity contribution in [2.45, 2.75) is 25.9 Å². The third-order valence-corrected chi connectivity index (χ3v) is 2.01. The van der Waals surface area contributed by atoms with Crippen LogP contribution in [0.2, 0.25) is 0 Å². The molecule has 7 nitrogen and oxygen atoms in total. The number of carbonyl (C=O) groups excluding carboxylic acids is 1. The van der Waals surface area contributed by atoms with Gasteiger partial charge in [-0.15, -0.1) is 0 Å². The summed E-state index contributed by atoms with van der Waals surface area (Å²) in [6.45, 7) is 4.27. The number of aliphatic carboxylic acids is 1. The van der Waals surface area contributed by atoms with Crippen LogP contribution in [0.15, 0.2) is 0 Å². The number of amides is 2. The van der Waals surface area contributed by atoms with Gasteiger partial charge >= 0.3 is 12.0 Å². The first-order valence-corrected chi connectivity index (χ1v) is 5.45. The van der Waals surface area contributed by atoms with Crippen LogP contribution >= 0.6 is 0 Å². The zero-order valence-electron chi connectivity index (χ0n) is 10.2. The molecule has 0 aromatic heterocycles. The fourth-order valence-corrected chi connectivity index (χ4v) is 0.911. The van der Waals surface area contributed by atoms with Crippen LogP contribution in [0, 0.1) is 0 Å². The quantitative estimate of drug-likeness (QED) is 0.435. The van der Waals surface area contributed by atoms with Crippen LogP contribution in [0.25, 0.3) is 0 Å². The number of carboxylic acid groups (broad SMARTS) is 1. The minimum absolute atomic E-state index is 0.348. The summed E-state index contributed by atoms with van der Waals surface area (Å²) in [5, 5.41) is 22.7. The van der Waals surface area contributed by atoms with Crippen LogP contribution in [0.5, 0.6) is 0 Å². The summed E-state index contributed by atoms with van der Waals surface area (Å²) in [6.07, 6.45) is 0.677. The van der Waals surface area contributed by atoms with Gasteiger partial charge in [-0.25, -0.2) is 9.59 Å². The van der Waals surface area contributed by atoms with Crippen LogP contribution in [0.1, 0.15) is 20.3 Å². The topological polar surface area (TPSA) is 108 Å². The summed E-state index contributed by atoms with van der Waals surface area (Å²) < 4.78 is 5.07. The van der Waals surface area contributed by atoms with Gasteiger partial charge in [0.1, 0.15) is 0 Å². The lowest BCUT2D eigenvalue weighted by molar-refractivity contribution is -0.155. The summed E-state index contributed by atoms with van der Waals surface area (Å²) in [5.74, 6) is -1.38. The van der Waals surface area contributed by atoms with E-state index in [4.69, 9.17) is 9.84 Å². The zero-order valence-corrected chi connectivity index (χ0v) is 10.2. The van der Waals surface area contributed by atoms with Gasteiger partial charge in [0.25, 0.3) is 0 Å². The first kappa shape index (κ1) is 15.7. The van der Waals surface area contributed by atoms with E-state index in [2.05, 4.69) is 10.6 Å². The molecule has 0 rings (SSSR count). The maximum atomic E-state index is 11.2. The molecule has 0 fully saturated rings. The Morgan fingerprint density at radius 2 is 2.00 bits per heavy atom. The molecule has 1 atom stereocenters. The summed E-state index contributed by atoms with van der Waals surface area (Å²) in [7, 11) is 0. The molecular weight excluding hydrogens is 228 g/mol. The molecule has 0 saturated heterocycles. The normalized spacial score (nSPS) is 13.8. The highest BCUT2D eigenvalue weighted by atomic mass is 16.5. The smallest absolute Gasteiger partial charge is 0.337 e. The SMILES string of the molecule is CCOCCCNC(=O)NCC(C)(O)C(=O)O. The second-order valence-electron chi connectivity index (χ2n) is 3.74. The Hall–Kier alpha value is -1.34. The Labute approximate surface area is 100 Å². The minimum Gasteiger partial charge on any atom is -0.479 e. The van der Waals surface area contributed by atoms with Crippen molar-refractivity contribution in [2.75, 3.05) is 26.3 Å². The van der Waals surface area contributed by atoms with Crippen molar-refractivity contribution in [3.8, 4) is 0 Å². The van der Waals surface area contributed by atoms with Crippen molar-refractivity contribution in [3.05, 3.63) is 0 Å². The molecular formula is C10H20N2O5. The summed E-state index contributed by atoms with van der Waals surface area (Å²) in [6, 6.07) is -0.511. The van der Waals surface area contributed by atoms with Gasteiger partial charge < -0.3 is 25.6 Å². The molecule has 0 aliphatic heterocycles. The largest absolute Gasteiger partial charge is 0.479 e. The van der Waals surface area contributed by atoms with Crippen molar-refractivity contribution in [1.29, 1.82) is 0 Å². The lowest BCUT2D eigenvalue weighted by atomic mass is 10.1. The van der Waals surface area contributed by atoms with Gasteiger partial charge in [-0.3, -0.25) is 0 Å². The highest BCUT2D eigenvalue weighted by Crippen LogP contribution is 2.00. The van der Waals surface area contributed by atoms with Crippen molar-refractivity contribution in [1.82, 2.24) is 10.6 Å². The van der Waals surface area contributed by atoms with E-state index in [1.165, 1.54) is 0 Å². The molecule has 2 amide bonds. The second kappa shape index (κ2) is 7.86. The molecule has 0 aliphatic rings. The number of aliphatic hydroxyl groups is 1. The van der Waals surface area contributed by atoms with Gasteiger partial charge in [0, 0.05) is 19.8 Å². The van der Waals surface area contributed by atoms with E-state index in [0.29, 0.717) is 26.2 Å². The number of nitrogens with one attached hydrogen (secondary N) is 2. The molecule has 0 bridgehead atoms. The molecule has 0 spiro atoms.